The third-order valence-corrected chi connectivity index (χ3v) is 3.04. The summed E-state index contributed by atoms with van der Waals surface area (Å²) in [6, 6.07) is 6.74. The summed E-state index contributed by atoms with van der Waals surface area (Å²) in [5, 5.41) is 3.28. The molecule has 1 aromatic rings. The lowest BCUT2D eigenvalue weighted by Crippen LogP contribution is -2.50. The van der Waals surface area contributed by atoms with E-state index in [1.165, 1.54) is 6.07 Å². The summed E-state index contributed by atoms with van der Waals surface area (Å²) in [6.45, 7) is 1.93. The Balaban J connectivity index is 0.00000128. The van der Waals surface area contributed by atoms with E-state index in [0.717, 1.165) is 37.9 Å². The van der Waals surface area contributed by atoms with Gasteiger partial charge in [0.15, 0.2) is 0 Å². The van der Waals surface area contributed by atoms with Gasteiger partial charge in [-0.2, -0.15) is 0 Å². The Morgan fingerprint density at radius 1 is 1.24 bits per heavy atom. The molecule has 0 aromatic heterocycles. The summed E-state index contributed by atoms with van der Waals surface area (Å²) in [5.41, 5.74) is 7.12. The number of benzene rings is 1. The minimum Gasteiger partial charge on any atom is -0.325 e. The van der Waals surface area contributed by atoms with E-state index < -0.39 is 0 Å². The van der Waals surface area contributed by atoms with Crippen LogP contribution in [0.1, 0.15) is 18.4 Å². The van der Waals surface area contributed by atoms with E-state index in [4.69, 9.17) is 5.73 Å². The fraction of sp³-hybridized carbons (Fsp3) is 0.500. The van der Waals surface area contributed by atoms with Crippen LogP contribution in [-0.4, -0.2) is 18.6 Å². The molecule has 3 N–H and O–H groups in total. The van der Waals surface area contributed by atoms with Crippen molar-refractivity contribution in [3.8, 4) is 0 Å². The maximum atomic E-state index is 13.0. The molecule has 0 unspecified atom stereocenters. The SMILES string of the molecule is Cl.Cl.NC1(Cc2cccc(F)c2)CCNCC1. The largest absolute Gasteiger partial charge is 0.325 e. The van der Waals surface area contributed by atoms with Gasteiger partial charge in [0.25, 0.3) is 0 Å². The predicted octanol–water partition coefficient (Wildman–Crippen LogP) is 2.29. The molecule has 5 heteroatoms. The highest BCUT2D eigenvalue weighted by atomic mass is 35.5. The van der Waals surface area contributed by atoms with Gasteiger partial charge in [-0.3, -0.25) is 0 Å². The van der Waals surface area contributed by atoms with Crippen molar-refractivity contribution in [2.24, 2.45) is 5.73 Å². The Morgan fingerprint density at radius 3 is 2.47 bits per heavy atom. The maximum absolute atomic E-state index is 13.0. The van der Waals surface area contributed by atoms with Crippen molar-refractivity contribution < 1.29 is 4.39 Å². The fourth-order valence-corrected chi connectivity index (χ4v) is 2.15. The molecule has 98 valence electrons. The number of piperidine rings is 1. The molecule has 2 rings (SSSR count). The zero-order valence-corrected chi connectivity index (χ0v) is 11.2. The van der Waals surface area contributed by atoms with Crippen LogP contribution in [-0.2, 0) is 6.42 Å². The molecule has 0 amide bonds. The molecule has 1 aliphatic rings. The van der Waals surface area contributed by atoms with Gasteiger partial charge in [-0.15, -0.1) is 24.8 Å². The molecule has 0 spiro atoms. The monoisotopic (exact) mass is 280 g/mol. The first-order chi connectivity index (χ1) is 7.18. The molecule has 0 bridgehead atoms. The molecule has 0 atom stereocenters. The van der Waals surface area contributed by atoms with E-state index in [2.05, 4.69) is 5.32 Å². The molecular weight excluding hydrogens is 262 g/mol. The van der Waals surface area contributed by atoms with Gasteiger partial charge in [0.05, 0.1) is 0 Å². The second kappa shape index (κ2) is 7.17. The van der Waals surface area contributed by atoms with Crippen LogP contribution in [0.15, 0.2) is 24.3 Å². The number of hydrogen-bond acceptors (Lipinski definition) is 2. The number of rotatable bonds is 2. The van der Waals surface area contributed by atoms with Crippen LogP contribution in [0.5, 0.6) is 0 Å². The van der Waals surface area contributed by atoms with Crippen molar-refractivity contribution in [2.45, 2.75) is 24.8 Å². The van der Waals surface area contributed by atoms with Crippen molar-refractivity contribution >= 4 is 24.8 Å². The fourth-order valence-electron chi connectivity index (χ4n) is 2.15. The zero-order chi connectivity index (χ0) is 10.7. The van der Waals surface area contributed by atoms with Gasteiger partial charge in [-0.05, 0) is 50.0 Å². The van der Waals surface area contributed by atoms with E-state index >= 15 is 0 Å². The first-order valence-electron chi connectivity index (χ1n) is 5.42. The van der Waals surface area contributed by atoms with Gasteiger partial charge in [0.2, 0.25) is 0 Å². The number of nitrogens with two attached hydrogens (primary N) is 1. The van der Waals surface area contributed by atoms with Crippen LogP contribution in [0.3, 0.4) is 0 Å². The molecular formula is C12H19Cl2FN2. The minimum atomic E-state index is -0.176. The van der Waals surface area contributed by atoms with Crippen LogP contribution >= 0.6 is 24.8 Å². The second-order valence-electron chi connectivity index (χ2n) is 4.42. The first kappa shape index (κ1) is 16.6. The third-order valence-electron chi connectivity index (χ3n) is 3.04. The van der Waals surface area contributed by atoms with E-state index in [-0.39, 0.29) is 36.2 Å². The van der Waals surface area contributed by atoms with Gasteiger partial charge in [0, 0.05) is 5.54 Å². The Kier molecular flexibility index (Phi) is 7.02. The van der Waals surface area contributed by atoms with Crippen molar-refractivity contribution in [2.75, 3.05) is 13.1 Å². The van der Waals surface area contributed by atoms with Crippen molar-refractivity contribution in [1.82, 2.24) is 5.32 Å². The Morgan fingerprint density at radius 2 is 1.88 bits per heavy atom. The van der Waals surface area contributed by atoms with E-state index in [1.54, 1.807) is 12.1 Å². The van der Waals surface area contributed by atoms with Crippen LogP contribution in [0.2, 0.25) is 0 Å². The minimum absolute atomic E-state index is 0. The molecule has 1 saturated heterocycles. The topological polar surface area (TPSA) is 38.0 Å². The van der Waals surface area contributed by atoms with E-state index in [0.29, 0.717) is 0 Å². The van der Waals surface area contributed by atoms with E-state index in [9.17, 15) is 4.39 Å². The number of nitrogens with one attached hydrogen (secondary N) is 1. The van der Waals surface area contributed by atoms with Gasteiger partial charge >= 0.3 is 0 Å². The molecule has 1 heterocycles. The number of hydrogen-bond donors (Lipinski definition) is 2. The quantitative estimate of drug-likeness (QED) is 0.873. The van der Waals surface area contributed by atoms with Crippen LogP contribution < -0.4 is 11.1 Å². The third kappa shape index (κ3) is 4.80. The lowest BCUT2D eigenvalue weighted by molar-refractivity contribution is 0.308. The summed E-state index contributed by atoms with van der Waals surface area (Å²) in [4.78, 5) is 0. The van der Waals surface area contributed by atoms with Crippen LogP contribution in [0, 0.1) is 5.82 Å². The average molecular weight is 281 g/mol. The maximum Gasteiger partial charge on any atom is 0.123 e. The lowest BCUT2D eigenvalue weighted by Gasteiger charge is -2.34. The second-order valence-corrected chi connectivity index (χ2v) is 4.42. The molecule has 2 nitrogen and oxygen atoms in total. The van der Waals surface area contributed by atoms with Crippen molar-refractivity contribution in [1.29, 1.82) is 0 Å². The normalized spacial score (nSPS) is 17.8. The van der Waals surface area contributed by atoms with Crippen LogP contribution in [0.4, 0.5) is 4.39 Å². The Bertz CT molecular complexity index is 341. The average Bonchev–Trinajstić information content (AvgIpc) is 2.18. The van der Waals surface area contributed by atoms with E-state index in [1.807, 2.05) is 6.07 Å². The molecule has 1 aromatic carbocycles. The number of halogens is 3. The summed E-state index contributed by atoms with van der Waals surface area (Å²) in [5.74, 6) is -0.176. The summed E-state index contributed by atoms with van der Waals surface area (Å²) < 4.78 is 13.0. The van der Waals surface area contributed by atoms with Gasteiger partial charge in [-0.1, -0.05) is 12.1 Å². The summed E-state index contributed by atoms with van der Waals surface area (Å²) in [6.07, 6.45) is 2.69. The summed E-state index contributed by atoms with van der Waals surface area (Å²) in [7, 11) is 0. The Hall–Kier alpha value is -0.350. The van der Waals surface area contributed by atoms with Gasteiger partial charge < -0.3 is 11.1 Å². The first-order valence-corrected chi connectivity index (χ1v) is 5.42. The zero-order valence-electron chi connectivity index (χ0n) is 9.62. The smallest absolute Gasteiger partial charge is 0.123 e. The lowest BCUT2D eigenvalue weighted by atomic mass is 9.83. The molecule has 1 aliphatic heterocycles. The molecule has 0 radical (unpaired) electrons. The standard InChI is InChI=1S/C12H17FN2.2ClH/c13-11-3-1-2-10(8-11)9-12(14)4-6-15-7-5-12;;/h1-3,8,15H,4-7,9,14H2;2*1H. The molecule has 17 heavy (non-hydrogen) atoms. The Labute approximate surface area is 114 Å². The van der Waals surface area contributed by atoms with Gasteiger partial charge in [-0.25, -0.2) is 4.39 Å². The highest BCUT2D eigenvalue weighted by Gasteiger charge is 2.27. The highest BCUT2D eigenvalue weighted by molar-refractivity contribution is 5.85. The molecule has 1 fully saturated rings. The molecule has 0 aliphatic carbocycles. The van der Waals surface area contributed by atoms with Crippen molar-refractivity contribution in [3.05, 3.63) is 35.6 Å². The van der Waals surface area contributed by atoms with Crippen LogP contribution in [0.25, 0.3) is 0 Å². The molecule has 0 saturated carbocycles. The predicted molar refractivity (Wildman–Crippen MR) is 73.6 cm³/mol. The van der Waals surface area contributed by atoms with Crippen molar-refractivity contribution in [3.63, 3.8) is 0 Å². The highest BCUT2D eigenvalue weighted by Crippen LogP contribution is 2.20. The summed E-state index contributed by atoms with van der Waals surface area (Å²) >= 11 is 0. The van der Waals surface area contributed by atoms with Gasteiger partial charge in [0.1, 0.15) is 5.82 Å².